The van der Waals surface area contributed by atoms with E-state index in [-0.39, 0.29) is 6.10 Å². The molecule has 0 radical (unpaired) electrons. The van der Waals surface area contributed by atoms with Gasteiger partial charge in [-0.15, -0.1) is 0 Å². The Bertz CT molecular complexity index is 315. The number of aromatic nitrogens is 1. The van der Waals surface area contributed by atoms with E-state index < -0.39 is 0 Å². The molecular weight excluding hydrogens is 212 g/mol. The second-order valence-electron chi connectivity index (χ2n) is 4.39. The Hall–Kier alpha value is -1.25. The third-order valence-electron chi connectivity index (χ3n) is 2.77. The lowest BCUT2D eigenvalue weighted by Gasteiger charge is -2.14. The van der Waals surface area contributed by atoms with Crippen LogP contribution in [0.2, 0.25) is 0 Å². The summed E-state index contributed by atoms with van der Waals surface area (Å²) in [6, 6.07) is 5.79. The van der Waals surface area contributed by atoms with Gasteiger partial charge in [-0.25, -0.2) is 0 Å². The number of nitrogens with zero attached hydrogens (tertiary/aromatic N) is 1. The lowest BCUT2D eigenvalue weighted by atomic mass is 10.1. The fraction of sp³-hybridized carbons (Fsp3) is 0.643. The van der Waals surface area contributed by atoms with Crippen LogP contribution in [0.25, 0.3) is 0 Å². The van der Waals surface area contributed by atoms with Crippen LogP contribution in [0.3, 0.4) is 0 Å². The van der Waals surface area contributed by atoms with Crippen LogP contribution in [0.1, 0.15) is 46.0 Å². The minimum atomic E-state index is 0.242. The zero-order valence-electron chi connectivity index (χ0n) is 11.2. The normalized spacial score (nSPS) is 12.2. The van der Waals surface area contributed by atoms with E-state index in [4.69, 9.17) is 4.74 Å². The zero-order valence-corrected chi connectivity index (χ0v) is 11.2. The monoisotopic (exact) mass is 236 g/mol. The van der Waals surface area contributed by atoms with E-state index >= 15 is 0 Å². The lowest BCUT2D eigenvalue weighted by molar-refractivity contribution is 0.198. The molecule has 0 amide bonds. The Morgan fingerprint density at radius 2 is 2.12 bits per heavy atom. The van der Waals surface area contributed by atoms with E-state index in [1.165, 1.54) is 25.7 Å². The molecule has 1 aromatic heterocycles. The number of rotatable bonds is 8. The zero-order chi connectivity index (χ0) is 12.5. The number of ether oxygens (including phenoxy) is 1. The standard InChI is InChI=1S/C14H24N2O/c1-4-5-6-7-9-12(2)17-14-11-8-10-13(15-3)16-14/h8,10-12H,4-7,9H2,1-3H3,(H,15,16). The molecule has 0 saturated heterocycles. The van der Waals surface area contributed by atoms with Crippen molar-refractivity contribution in [1.82, 2.24) is 4.98 Å². The summed E-state index contributed by atoms with van der Waals surface area (Å²) in [5.41, 5.74) is 0. The molecule has 1 heterocycles. The summed E-state index contributed by atoms with van der Waals surface area (Å²) in [7, 11) is 1.86. The van der Waals surface area contributed by atoms with Gasteiger partial charge in [0.1, 0.15) is 5.82 Å². The highest BCUT2D eigenvalue weighted by Gasteiger charge is 2.05. The van der Waals surface area contributed by atoms with Gasteiger partial charge in [0.25, 0.3) is 0 Å². The first kappa shape index (κ1) is 13.8. The largest absolute Gasteiger partial charge is 0.475 e. The van der Waals surface area contributed by atoms with E-state index in [0.29, 0.717) is 5.88 Å². The highest BCUT2D eigenvalue weighted by molar-refractivity contribution is 5.36. The van der Waals surface area contributed by atoms with Gasteiger partial charge in [-0.3, -0.25) is 0 Å². The van der Waals surface area contributed by atoms with Crippen LogP contribution >= 0.6 is 0 Å². The van der Waals surface area contributed by atoms with Crippen LogP contribution in [-0.4, -0.2) is 18.1 Å². The molecule has 0 spiro atoms. The minimum Gasteiger partial charge on any atom is -0.475 e. The van der Waals surface area contributed by atoms with Crippen LogP contribution in [0.5, 0.6) is 5.88 Å². The Labute approximate surface area is 105 Å². The molecule has 0 bridgehead atoms. The molecule has 1 N–H and O–H groups in total. The second-order valence-corrected chi connectivity index (χ2v) is 4.39. The minimum absolute atomic E-state index is 0.242. The summed E-state index contributed by atoms with van der Waals surface area (Å²) in [5, 5.41) is 3.01. The Morgan fingerprint density at radius 3 is 2.82 bits per heavy atom. The molecule has 17 heavy (non-hydrogen) atoms. The van der Waals surface area contributed by atoms with Crippen molar-refractivity contribution in [2.75, 3.05) is 12.4 Å². The average Bonchev–Trinajstić information content (AvgIpc) is 2.35. The number of hydrogen-bond acceptors (Lipinski definition) is 3. The molecule has 0 fully saturated rings. The van der Waals surface area contributed by atoms with E-state index in [1.807, 2.05) is 25.2 Å². The van der Waals surface area contributed by atoms with Crippen LogP contribution in [-0.2, 0) is 0 Å². The van der Waals surface area contributed by atoms with Crippen LogP contribution in [0.4, 0.5) is 5.82 Å². The molecule has 3 nitrogen and oxygen atoms in total. The van der Waals surface area contributed by atoms with E-state index in [1.54, 1.807) is 0 Å². The van der Waals surface area contributed by atoms with Crippen molar-refractivity contribution >= 4 is 5.82 Å². The summed E-state index contributed by atoms with van der Waals surface area (Å²) < 4.78 is 5.79. The van der Waals surface area contributed by atoms with Crippen molar-refractivity contribution in [3.8, 4) is 5.88 Å². The molecule has 96 valence electrons. The Balaban J connectivity index is 2.31. The van der Waals surface area contributed by atoms with Gasteiger partial charge >= 0.3 is 0 Å². The Morgan fingerprint density at radius 1 is 1.29 bits per heavy atom. The molecule has 1 atom stereocenters. The second kappa shape index (κ2) is 7.93. The third kappa shape index (κ3) is 5.57. The van der Waals surface area contributed by atoms with Gasteiger partial charge in [0.05, 0.1) is 6.10 Å². The van der Waals surface area contributed by atoms with Gasteiger partial charge in [0.15, 0.2) is 0 Å². The lowest BCUT2D eigenvalue weighted by Crippen LogP contribution is -2.12. The predicted octanol–water partition coefficient (Wildman–Crippen LogP) is 3.86. The average molecular weight is 236 g/mol. The van der Waals surface area contributed by atoms with E-state index in [0.717, 1.165) is 12.2 Å². The fourth-order valence-corrected chi connectivity index (χ4v) is 1.74. The molecular formula is C14H24N2O. The Kier molecular flexibility index (Phi) is 6.45. The quantitative estimate of drug-likeness (QED) is 0.696. The summed E-state index contributed by atoms with van der Waals surface area (Å²) in [6.45, 7) is 4.34. The van der Waals surface area contributed by atoms with Crippen LogP contribution in [0, 0.1) is 0 Å². The molecule has 0 saturated carbocycles. The number of anilines is 1. The van der Waals surface area contributed by atoms with Crippen molar-refractivity contribution in [2.45, 2.75) is 52.1 Å². The molecule has 1 rings (SSSR count). The fourth-order valence-electron chi connectivity index (χ4n) is 1.74. The summed E-state index contributed by atoms with van der Waals surface area (Å²) in [4.78, 5) is 4.34. The van der Waals surface area contributed by atoms with Crippen molar-refractivity contribution in [3.05, 3.63) is 18.2 Å². The predicted molar refractivity (Wildman–Crippen MR) is 72.6 cm³/mol. The van der Waals surface area contributed by atoms with Gasteiger partial charge in [0, 0.05) is 13.1 Å². The first-order valence-corrected chi connectivity index (χ1v) is 6.57. The van der Waals surface area contributed by atoms with Gasteiger partial charge in [-0.1, -0.05) is 32.3 Å². The summed E-state index contributed by atoms with van der Waals surface area (Å²) in [6.07, 6.45) is 6.48. The molecule has 0 aliphatic carbocycles. The van der Waals surface area contributed by atoms with Crippen molar-refractivity contribution in [1.29, 1.82) is 0 Å². The maximum Gasteiger partial charge on any atom is 0.215 e. The van der Waals surface area contributed by atoms with E-state index in [9.17, 15) is 0 Å². The molecule has 0 aliphatic heterocycles. The molecule has 1 aromatic rings. The van der Waals surface area contributed by atoms with Crippen LogP contribution < -0.4 is 10.1 Å². The van der Waals surface area contributed by atoms with E-state index in [2.05, 4.69) is 24.1 Å². The van der Waals surface area contributed by atoms with Gasteiger partial charge < -0.3 is 10.1 Å². The molecule has 1 unspecified atom stereocenters. The third-order valence-corrected chi connectivity index (χ3v) is 2.77. The summed E-state index contributed by atoms with van der Waals surface area (Å²) in [5.74, 6) is 1.56. The smallest absolute Gasteiger partial charge is 0.215 e. The highest BCUT2D eigenvalue weighted by Crippen LogP contribution is 2.15. The van der Waals surface area contributed by atoms with Crippen molar-refractivity contribution < 1.29 is 4.74 Å². The summed E-state index contributed by atoms with van der Waals surface area (Å²) >= 11 is 0. The number of hydrogen-bond donors (Lipinski definition) is 1. The van der Waals surface area contributed by atoms with Gasteiger partial charge in [-0.2, -0.15) is 4.98 Å². The first-order chi connectivity index (χ1) is 8.26. The highest BCUT2D eigenvalue weighted by atomic mass is 16.5. The SMILES string of the molecule is CCCCCCC(C)Oc1cccc(NC)n1. The van der Waals surface area contributed by atoms with Crippen molar-refractivity contribution in [2.24, 2.45) is 0 Å². The number of unbranched alkanes of at least 4 members (excludes halogenated alkanes) is 3. The first-order valence-electron chi connectivity index (χ1n) is 6.57. The maximum atomic E-state index is 5.79. The van der Waals surface area contributed by atoms with Crippen molar-refractivity contribution in [3.63, 3.8) is 0 Å². The van der Waals surface area contributed by atoms with Gasteiger partial charge in [0.2, 0.25) is 5.88 Å². The molecule has 0 aromatic carbocycles. The number of nitrogens with one attached hydrogen (secondary N) is 1. The molecule has 3 heteroatoms. The topological polar surface area (TPSA) is 34.1 Å². The maximum absolute atomic E-state index is 5.79. The van der Waals surface area contributed by atoms with Crippen LogP contribution in [0.15, 0.2) is 18.2 Å². The van der Waals surface area contributed by atoms with Gasteiger partial charge in [-0.05, 0) is 25.8 Å². The number of pyridine rings is 1. The molecule has 0 aliphatic rings.